The number of ether oxygens (including phenoxy) is 2. The van der Waals surface area contributed by atoms with Crippen LogP contribution in [0.5, 0.6) is 11.5 Å². The zero-order valence-corrected chi connectivity index (χ0v) is 11.6. The summed E-state index contributed by atoms with van der Waals surface area (Å²) in [5.74, 6) is 1.70. The van der Waals surface area contributed by atoms with Crippen LogP contribution in [0.25, 0.3) is 0 Å². The Morgan fingerprint density at radius 1 is 1.00 bits per heavy atom. The summed E-state index contributed by atoms with van der Waals surface area (Å²) in [7, 11) is 0. The number of rotatable bonds is 5. The molecule has 3 nitrogen and oxygen atoms in total. The quantitative estimate of drug-likeness (QED) is 0.892. The summed E-state index contributed by atoms with van der Waals surface area (Å²) in [5, 5.41) is 3.44. The number of hydrogen-bond donors (Lipinski definition) is 1. The zero-order valence-electron chi connectivity index (χ0n) is 11.6. The van der Waals surface area contributed by atoms with Crippen molar-refractivity contribution in [2.24, 2.45) is 5.41 Å². The monoisotopic (exact) mass is 269 g/mol. The SMILES string of the molecule is CC1(CNc2ccc(Oc3ccccc3)cc2)COC1. The van der Waals surface area contributed by atoms with E-state index in [1.54, 1.807) is 0 Å². The Bertz CT molecular complexity index is 547. The maximum absolute atomic E-state index is 5.76. The highest BCUT2D eigenvalue weighted by atomic mass is 16.5. The second-order valence-electron chi connectivity index (χ2n) is 5.60. The largest absolute Gasteiger partial charge is 0.457 e. The molecule has 2 aromatic carbocycles. The van der Waals surface area contributed by atoms with E-state index in [9.17, 15) is 0 Å². The first-order valence-electron chi connectivity index (χ1n) is 6.88. The Hall–Kier alpha value is -2.00. The molecular formula is C17H19NO2. The molecule has 1 aliphatic rings. The molecule has 0 aliphatic carbocycles. The van der Waals surface area contributed by atoms with Crippen LogP contribution in [0.15, 0.2) is 54.6 Å². The number of nitrogens with one attached hydrogen (secondary N) is 1. The summed E-state index contributed by atoms with van der Waals surface area (Å²) in [6, 6.07) is 17.9. The zero-order chi connectivity index (χ0) is 13.8. The molecule has 104 valence electrons. The first-order valence-corrected chi connectivity index (χ1v) is 6.88. The van der Waals surface area contributed by atoms with E-state index in [1.807, 2.05) is 54.6 Å². The molecule has 0 spiro atoms. The van der Waals surface area contributed by atoms with Crippen LogP contribution in [-0.4, -0.2) is 19.8 Å². The summed E-state index contributed by atoms with van der Waals surface area (Å²) >= 11 is 0. The second-order valence-corrected chi connectivity index (χ2v) is 5.60. The van der Waals surface area contributed by atoms with E-state index in [-0.39, 0.29) is 5.41 Å². The van der Waals surface area contributed by atoms with Gasteiger partial charge in [0.15, 0.2) is 0 Å². The highest BCUT2D eigenvalue weighted by molar-refractivity contribution is 5.47. The Kier molecular flexibility index (Phi) is 3.61. The Balaban J connectivity index is 1.57. The maximum atomic E-state index is 5.76. The minimum atomic E-state index is 0.277. The number of benzene rings is 2. The molecule has 1 fully saturated rings. The fourth-order valence-electron chi connectivity index (χ4n) is 2.13. The van der Waals surface area contributed by atoms with Crippen LogP contribution >= 0.6 is 0 Å². The van der Waals surface area contributed by atoms with Gasteiger partial charge in [-0.25, -0.2) is 0 Å². The summed E-state index contributed by atoms with van der Waals surface area (Å²) in [5.41, 5.74) is 1.39. The van der Waals surface area contributed by atoms with Gasteiger partial charge in [-0.3, -0.25) is 0 Å². The summed E-state index contributed by atoms with van der Waals surface area (Å²) in [6.45, 7) is 4.85. The molecule has 2 aromatic rings. The molecule has 1 aliphatic heterocycles. The van der Waals surface area contributed by atoms with Crippen LogP contribution in [0.2, 0.25) is 0 Å². The maximum Gasteiger partial charge on any atom is 0.127 e. The lowest BCUT2D eigenvalue weighted by Crippen LogP contribution is -2.45. The molecule has 0 amide bonds. The Labute approximate surface area is 119 Å². The first kappa shape index (κ1) is 13.0. The standard InChI is InChI=1S/C17H19NO2/c1-17(12-19-13-17)11-18-14-7-9-16(10-8-14)20-15-5-3-2-4-6-15/h2-10,18H,11-13H2,1H3. The molecule has 0 radical (unpaired) electrons. The molecule has 20 heavy (non-hydrogen) atoms. The lowest BCUT2D eigenvalue weighted by Gasteiger charge is -2.38. The summed E-state index contributed by atoms with van der Waals surface area (Å²) in [4.78, 5) is 0. The fourth-order valence-corrected chi connectivity index (χ4v) is 2.13. The molecule has 3 heteroatoms. The highest BCUT2D eigenvalue weighted by Crippen LogP contribution is 2.27. The topological polar surface area (TPSA) is 30.5 Å². The molecule has 1 N–H and O–H groups in total. The summed E-state index contributed by atoms with van der Waals surface area (Å²) < 4.78 is 11.0. The predicted octanol–water partition coefficient (Wildman–Crippen LogP) is 3.93. The van der Waals surface area contributed by atoms with Gasteiger partial charge in [-0.2, -0.15) is 0 Å². The Morgan fingerprint density at radius 2 is 1.65 bits per heavy atom. The van der Waals surface area contributed by atoms with Gasteiger partial charge < -0.3 is 14.8 Å². The average Bonchev–Trinajstić information content (AvgIpc) is 2.46. The number of hydrogen-bond acceptors (Lipinski definition) is 3. The number of para-hydroxylation sites is 1. The van der Waals surface area contributed by atoms with Crippen molar-refractivity contribution in [2.45, 2.75) is 6.92 Å². The summed E-state index contributed by atoms with van der Waals surface area (Å²) in [6.07, 6.45) is 0. The van der Waals surface area contributed by atoms with Gasteiger partial charge in [0.2, 0.25) is 0 Å². The van der Waals surface area contributed by atoms with Crippen molar-refractivity contribution in [3.8, 4) is 11.5 Å². The van der Waals surface area contributed by atoms with Gasteiger partial charge in [-0.1, -0.05) is 25.1 Å². The normalized spacial score (nSPS) is 16.2. The van der Waals surface area contributed by atoms with Crippen LogP contribution in [0, 0.1) is 5.41 Å². The van der Waals surface area contributed by atoms with Crippen LogP contribution in [0.3, 0.4) is 0 Å². The minimum Gasteiger partial charge on any atom is -0.457 e. The average molecular weight is 269 g/mol. The molecule has 1 saturated heterocycles. The van der Waals surface area contributed by atoms with E-state index in [0.717, 1.165) is 36.9 Å². The van der Waals surface area contributed by atoms with Crippen molar-refractivity contribution in [1.82, 2.24) is 0 Å². The lowest BCUT2D eigenvalue weighted by molar-refractivity contribution is -0.0924. The van der Waals surface area contributed by atoms with Gasteiger partial charge in [0.25, 0.3) is 0 Å². The van der Waals surface area contributed by atoms with Crippen molar-refractivity contribution >= 4 is 5.69 Å². The highest BCUT2D eigenvalue weighted by Gasteiger charge is 2.32. The van der Waals surface area contributed by atoms with Crippen LogP contribution in [0.1, 0.15) is 6.92 Å². The smallest absolute Gasteiger partial charge is 0.127 e. The molecule has 0 saturated carbocycles. The van der Waals surface area contributed by atoms with Crippen molar-refractivity contribution < 1.29 is 9.47 Å². The second kappa shape index (κ2) is 5.55. The Morgan fingerprint density at radius 3 is 2.25 bits per heavy atom. The van der Waals surface area contributed by atoms with E-state index >= 15 is 0 Å². The lowest BCUT2D eigenvalue weighted by atomic mass is 9.89. The van der Waals surface area contributed by atoms with Gasteiger partial charge in [0.05, 0.1) is 13.2 Å². The van der Waals surface area contributed by atoms with Crippen LogP contribution in [-0.2, 0) is 4.74 Å². The molecule has 0 bridgehead atoms. The molecule has 0 unspecified atom stereocenters. The van der Waals surface area contributed by atoms with Crippen molar-refractivity contribution in [3.05, 3.63) is 54.6 Å². The van der Waals surface area contributed by atoms with E-state index in [0.29, 0.717) is 0 Å². The van der Waals surface area contributed by atoms with Crippen LogP contribution < -0.4 is 10.1 Å². The van der Waals surface area contributed by atoms with Crippen molar-refractivity contribution in [2.75, 3.05) is 25.1 Å². The van der Waals surface area contributed by atoms with Gasteiger partial charge in [0, 0.05) is 17.6 Å². The third-order valence-corrected chi connectivity index (χ3v) is 3.45. The molecule has 1 heterocycles. The minimum absolute atomic E-state index is 0.277. The van der Waals surface area contributed by atoms with Crippen molar-refractivity contribution in [3.63, 3.8) is 0 Å². The van der Waals surface area contributed by atoms with E-state index in [4.69, 9.17) is 9.47 Å². The van der Waals surface area contributed by atoms with Gasteiger partial charge >= 0.3 is 0 Å². The van der Waals surface area contributed by atoms with E-state index < -0.39 is 0 Å². The van der Waals surface area contributed by atoms with Crippen LogP contribution in [0.4, 0.5) is 5.69 Å². The molecule has 0 aromatic heterocycles. The van der Waals surface area contributed by atoms with E-state index in [1.165, 1.54) is 0 Å². The number of anilines is 1. The van der Waals surface area contributed by atoms with Gasteiger partial charge in [0.1, 0.15) is 11.5 Å². The third kappa shape index (κ3) is 3.11. The molecule has 0 atom stereocenters. The van der Waals surface area contributed by atoms with Gasteiger partial charge in [-0.15, -0.1) is 0 Å². The molecular weight excluding hydrogens is 250 g/mol. The first-order chi connectivity index (χ1) is 9.73. The predicted molar refractivity (Wildman–Crippen MR) is 80.4 cm³/mol. The van der Waals surface area contributed by atoms with Gasteiger partial charge in [-0.05, 0) is 36.4 Å². The third-order valence-electron chi connectivity index (χ3n) is 3.45. The van der Waals surface area contributed by atoms with Crippen molar-refractivity contribution in [1.29, 1.82) is 0 Å². The van der Waals surface area contributed by atoms with E-state index in [2.05, 4.69) is 12.2 Å². The fraction of sp³-hybridized carbons (Fsp3) is 0.294. The molecule has 3 rings (SSSR count).